The number of amides is 1. The fourth-order valence-electron chi connectivity index (χ4n) is 3.19. The van der Waals surface area contributed by atoms with Gasteiger partial charge in [0.1, 0.15) is 11.4 Å². The predicted octanol–water partition coefficient (Wildman–Crippen LogP) is 4.31. The summed E-state index contributed by atoms with van der Waals surface area (Å²) >= 11 is 6.38. The van der Waals surface area contributed by atoms with E-state index in [1.165, 1.54) is 0 Å². The van der Waals surface area contributed by atoms with E-state index in [1.807, 2.05) is 55.5 Å². The summed E-state index contributed by atoms with van der Waals surface area (Å²) in [6, 6.07) is 18.5. The van der Waals surface area contributed by atoms with Crippen molar-refractivity contribution in [3.63, 3.8) is 0 Å². The first-order chi connectivity index (χ1) is 15.2. The number of rotatable bonds is 7. The molecule has 0 bridgehead atoms. The van der Waals surface area contributed by atoms with Gasteiger partial charge in [0.2, 0.25) is 0 Å². The van der Waals surface area contributed by atoms with Crippen LogP contribution in [0.1, 0.15) is 23.0 Å². The molecule has 0 fully saturated rings. The fraction of sp³-hybridized carbons (Fsp3) is 0.130. The summed E-state index contributed by atoms with van der Waals surface area (Å²) < 4.78 is 7.19. The number of para-hydroxylation sites is 2. The van der Waals surface area contributed by atoms with Crippen molar-refractivity contribution < 1.29 is 9.53 Å². The van der Waals surface area contributed by atoms with Gasteiger partial charge in [0.05, 0.1) is 17.3 Å². The highest BCUT2D eigenvalue weighted by molar-refractivity contribution is 6.32. The Morgan fingerprint density at radius 2 is 1.90 bits per heavy atom. The van der Waals surface area contributed by atoms with E-state index in [1.54, 1.807) is 29.2 Å². The topological polar surface area (TPSA) is 81.9 Å². The Hall–Kier alpha value is -3.71. The summed E-state index contributed by atoms with van der Waals surface area (Å²) in [5, 5.41) is 11.8. The molecule has 7 nitrogen and oxygen atoms in total. The number of pyridine rings is 1. The standard InChI is InChI=1S/C23H20ClN5O2/c1-2-31-20-12-6-3-8-16(20)15-26-23(30)21-22(17-9-7-13-25-14-17)29(28-27-21)19-11-5-4-10-18(19)24/h3-14H,2,15H2,1H3,(H,26,30). The third kappa shape index (κ3) is 4.41. The van der Waals surface area contributed by atoms with Crippen molar-refractivity contribution in [2.45, 2.75) is 13.5 Å². The molecule has 0 saturated heterocycles. The lowest BCUT2D eigenvalue weighted by Crippen LogP contribution is -2.24. The van der Waals surface area contributed by atoms with Crippen LogP contribution in [0.25, 0.3) is 16.9 Å². The highest BCUT2D eigenvalue weighted by Gasteiger charge is 2.23. The zero-order chi connectivity index (χ0) is 21.6. The van der Waals surface area contributed by atoms with E-state index in [2.05, 4.69) is 20.6 Å². The molecule has 4 rings (SSSR count). The summed E-state index contributed by atoms with van der Waals surface area (Å²) in [4.78, 5) is 17.3. The van der Waals surface area contributed by atoms with E-state index in [-0.39, 0.29) is 11.6 Å². The monoisotopic (exact) mass is 433 g/mol. The zero-order valence-electron chi connectivity index (χ0n) is 16.8. The van der Waals surface area contributed by atoms with Crippen molar-refractivity contribution in [3.05, 3.63) is 89.3 Å². The third-order valence-corrected chi connectivity index (χ3v) is 4.93. The van der Waals surface area contributed by atoms with Crippen molar-refractivity contribution in [1.29, 1.82) is 0 Å². The minimum Gasteiger partial charge on any atom is -0.494 e. The van der Waals surface area contributed by atoms with E-state index >= 15 is 0 Å². The van der Waals surface area contributed by atoms with E-state index in [4.69, 9.17) is 16.3 Å². The first-order valence-electron chi connectivity index (χ1n) is 9.79. The summed E-state index contributed by atoms with van der Waals surface area (Å²) in [5.41, 5.74) is 2.89. The van der Waals surface area contributed by atoms with Gasteiger partial charge in [-0.25, -0.2) is 4.68 Å². The molecule has 0 unspecified atom stereocenters. The van der Waals surface area contributed by atoms with E-state index < -0.39 is 0 Å². The SMILES string of the molecule is CCOc1ccccc1CNC(=O)c1nnn(-c2ccccc2Cl)c1-c1cccnc1. The Morgan fingerprint density at radius 1 is 1.10 bits per heavy atom. The summed E-state index contributed by atoms with van der Waals surface area (Å²) in [7, 11) is 0. The molecule has 0 radical (unpaired) electrons. The number of hydrogen-bond acceptors (Lipinski definition) is 5. The van der Waals surface area contributed by atoms with Crippen molar-refractivity contribution in [2.24, 2.45) is 0 Å². The van der Waals surface area contributed by atoms with Crippen LogP contribution >= 0.6 is 11.6 Å². The van der Waals surface area contributed by atoms with Gasteiger partial charge in [-0.15, -0.1) is 5.10 Å². The van der Waals surface area contributed by atoms with Gasteiger partial charge in [-0.05, 0) is 37.3 Å². The van der Waals surface area contributed by atoms with Crippen LogP contribution in [0.3, 0.4) is 0 Å². The lowest BCUT2D eigenvalue weighted by Gasteiger charge is -2.11. The fourth-order valence-corrected chi connectivity index (χ4v) is 3.41. The Balaban J connectivity index is 1.69. The van der Waals surface area contributed by atoms with E-state index in [0.29, 0.717) is 35.1 Å². The molecule has 4 aromatic rings. The van der Waals surface area contributed by atoms with Crippen molar-refractivity contribution >= 4 is 17.5 Å². The number of nitrogens with zero attached hydrogens (tertiary/aromatic N) is 4. The largest absolute Gasteiger partial charge is 0.494 e. The predicted molar refractivity (Wildman–Crippen MR) is 118 cm³/mol. The second-order valence-electron chi connectivity index (χ2n) is 6.61. The van der Waals surface area contributed by atoms with Crippen LogP contribution in [-0.2, 0) is 6.54 Å². The first-order valence-corrected chi connectivity index (χ1v) is 10.2. The number of carbonyl (C=O) groups is 1. The van der Waals surface area contributed by atoms with Gasteiger partial charge in [-0.1, -0.05) is 47.1 Å². The maximum atomic E-state index is 13.1. The van der Waals surface area contributed by atoms with Crippen LogP contribution in [0.4, 0.5) is 0 Å². The zero-order valence-corrected chi connectivity index (χ0v) is 17.6. The van der Waals surface area contributed by atoms with Crippen molar-refractivity contribution in [1.82, 2.24) is 25.3 Å². The summed E-state index contributed by atoms with van der Waals surface area (Å²) in [6.07, 6.45) is 3.32. The van der Waals surface area contributed by atoms with Crippen LogP contribution in [0, 0.1) is 0 Å². The molecule has 1 amide bonds. The van der Waals surface area contributed by atoms with E-state index in [9.17, 15) is 4.79 Å². The lowest BCUT2D eigenvalue weighted by molar-refractivity contribution is 0.0946. The second kappa shape index (κ2) is 9.40. The van der Waals surface area contributed by atoms with E-state index in [0.717, 1.165) is 11.3 Å². The Labute approximate surface area is 184 Å². The highest BCUT2D eigenvalue weighted by atomic mass is 35.5. The van der Waals surface area contributed by atoms with Crippen LogP contribution in [0.5, 0.6) is 5.75 Å². The van der Waals surface area contributed by atoms with Gasteiger partial charge in [-0.2, -0.15) is 0 Å². The van der Waals surface area contributed by atoms with Gasteiger partial charge >= 0.3 is 0 Å². The number of ether oxygens (including phenoxy) is 1. The van der Waals surface area contributed by atoms with Crippen molar-refractivity contribution in [3.8, 4) is 22.7 Å². The molecule has 0 saturated carbocycles. The molecule has 31 heavy (non-hydrogen) atoms. The van der Waals surface area contributed by atoms with Crippen LogP contribution in [-0.4, -0.2) is 32.5 Å². The molecule has 2 heterocycles. The normalized spacial score (nSPS) is 10.6. The van der Waals surface area contributed by atoms with Gasteiger partial charge in [0.15, 0.2) is 5.69 Å². The number of aromatic nitrogens is 4. The first kappa shape index (κ1) is 20.6. The number of benzene rings is 2. The molecule has 156 valence electrons. The Bertz CT molecular complexity index is 1190. The number of carbonyl (C=O) groups excluding carboxylic acids is 1. The number of nitrogens with one attached hydrogen (secondary N) is 1. The molecule has 1 N–H and O–H groups in total. The van der Waals surface area contributed by atoms with Crippen LogP contribution in [0.15, 0.2) is 73.1 Å². The van der Waals surface area contributed by atoms with Gasteiger partial charge in [-0.3, -0.25) is 9.78 Å². The molecule has 0 aliphatic rings. The smallest absolute Gasteiger partial charge is 0.274 e. The maximum absolute atomic E-state index is 13.1. The minimum atomic E-state index is -0.358. The molecule has 0 atom stereocenters. The lowest BCUT2D eigenvalue weighted by atomic mass is 10.1. The Kier molecular flexibility index (Phi) is 6.24. The summed E-state index contributed by atoms with van der Waals surface area (Å²) in [5.74, 6) is 0.376. The van der Waals surface area contributed by atoms with Gasteiger partial charge in [0.25, 0.3) is 5.91 Å². The second-order valence-corrected chi connectivity index (χ2v) is 7.02. The van der Waals surface area contributed by atoms with Crippen molar-refractivity contribution in [2.75, 3.05) is 6.61 Å². The molecule has 0 aliphatic heterocycles. The molecule has 0 spiro atoms. The maximum Gasteiger partial charge on any atom is 0.274 e. The molecular formula is C23H20ClN5O2. The molecule has 2 aromatic carbocycles. The quantitative estimate of drug-likeness (QED) is 0.469. The number of halogens is 1. The minimum absolute atomic E-state index is 0.182. The van der Waals surface area contributed by atoms with Crippen LogP contribution < -0.4 is 10.1 Å². The average Bonchev–Trinajstić information content (AvgIpc) is 3.24. The Morgan fingerprint density at radius 3 is 2.68 bits per heavy atom. The molecule has 2 aromatic heterocycles. The van der Waals surface area contributed by atoms with Gasteiger partial charge in [0, 0.05) is 30.1 Å². The number of hydrogen-bond donors (Lipinski definition) is 1. The molecular weight excluding hydrogens is 414 g/mol. The van der Waals surface area contributed by atoms with Gasteiger partial charge < -0.3 is 10.1 Å². The summed E-state index contributed by atoms with van der Waals surface area (Å²) in [6.45, 7) is 2.76. The highest BCUT2D eigenvalue weighted by Crippen LogP contribution is 2.28. The average molecular weight is 434 g/mol. The molecule has 0 aliphatic carbocycles. The van der Waals surface area contributed by atoms with Crippen LogP contribution in [0.2, 0.25) is 5.02 Å². The third-order valence-electron chi connectivity index (χ3n) is 4.61. The molecule has 8 heteroatoms.